The Hall–Kier alpha value is -1.29. The highest BCUT2D eigenvalue weighted by molar-refractivity contribution is 6.42. The van der Waals surface area contributed by atoms with Gasteiger partial charge in [0.25, 0.3) is 0 Å². The molecule has 1 N–H and O–H groups in total. The number of aromatic nitrogens is 1. The minimum atomic E-state index is 0.399. The van der Waals surface area contributed by atoms with Crippen LogP contribution in [0.5, 0.6) is 11.6 Å². The topological polar surface area (TPSA) is 34.2 Å². The molecular formula is C16H18Cl2N2O. The summed E-state index contributed by atoms with van der Waals surface area (Å²) in [4.78, 5) is 4.47. The summed E-state index contributed by atoms with van der Waals surface area (Å²) in [6, 6.07) is 9.29. The highest BCUT2D eigenvalue weighted by Gasteiger charge is 2.09. The molecule has 0 saturated heterocycles. The Bertz CT molecular complexity index is 617. The summed E-state index contributed by atoms with van der Waals surface area (Å²) < 4.78 is 5.80. The molecule has 0 atom stereocenters. The van der Waals surface area contributed by atoms with Crippen LogP contribution >= 0.6 is 23.2 Å². The van der Waals surface area contributed by atoms with E-state index in [9.17, 15) is 0 Å². The third kappa shape index (κ3) is 4.34. The molecule has 1 heterocycles. The summed E-state index contributed by atoms with van der Waals surface area (Å²) in [6.45, 7) is 5.84. The lowest BCUT2D eigenvalue weighted by Gasteiger charge is -2.11. The zero-order valence-electron chi connectivity index (χ0n) is 12.1. The number of rotatable bonds is 6. The van der Waals surface area contributed by atoms with Crippen molar-refractivity contribution in [2.24, 2.45) is 0 Å². The van der Waals surface area contributed by atoms with E-state index in [1.54, 1.807) is 18.2 Å². The number of benzene rings is 1. The predicted octanol–water partition coefficient (Wildman–Crippen LogP) is 4.85. The van der Waals surface area contributed by atoms with Gasteiger partial charge in [0.1, 0.15) is 10.8 Å². The number of hydrogen-bond donors (Lipinski definition) is 1. The van der Waals surface area contributed by atoms with E-state index in [1.807, 2.05) is 6.07 Å². The number of halogens is 2. The molecule has 1 aromatic heterocycles. The number of nitrogens with one attached hydrogen (secondary N) is 1. The molecule has 0 fully saturated rings. The minimum absolute atomic E-state index is 0.399. The summed E-state index contributed by atoms with van der Waals surface area (Å²) in [7, 11) is 0. The van der Waals surface area contributed by atoms with Crippen molar-refractivity contribution in [3.05, 3.63) is 51.6 Å². The van der Waals surface area contributed by atoms with Crippen LogP contribution in [-0.4, -0.2) is 11.5 Å². The lowest BCUT2D eigenvalue weighted by Crippen LogP contribution is -2.12. The third-order valence-electron chi connectivity index (χ3n) is 2.99. The van der Waals surface area contributed by atoms with E-state index in [2.05, 4.69) is 30.2 Å². The standard InChI is InChI=1S/C16H18Cl2N2O/c1-3-12-8-11(10-19-4-2)9-15(20-12)21-14-7-5-6-13(17)16(14)18/h5-9,19H,3-4,10H2,1-2H3. The maximum atomic E-state index is 6.14. The fourth-order valence-corrected chi connectivity index (χ4v) is 2.23. The molecule has 0 saturated carbocycles. The Morgan fingerprint density at radius 3 is 2.71 bits per heavy atom. The number of hydrogen-bond acceptors (Lipinski definition) is 3. The molecule has 5 heteroatoms. The lowest BCUT2D eigenvalue weighted by molar-refractivity contribution is 0.460. The zero-order chi connectivity index (χ0) is 15.2. The van der Waals surface area contributed by atoms with Gasteiger partial charge in [0.05, 0.1) is 5.02 Å². The minimum Gasteiger partial charge on any atom is -0.437 e. The predicted molar refractivity (Wildman–Crippen MR) is 87.5 cm³/mol. The first kappa shape index (κ1) is 16.1. The number of pyridine rings is 1. The van der Waals surface area contributed by atoms with Crippen molar-refractivity contribution in [2.45, 2.75) is 26.8 Å². The molecule has 0 aliphatic heterocycles. The number of ether oxygens (including phenoxy) is 1. The van der Waals surface area contributed by atoms with Crippen LogP contribution in [0.4, 0.5) is 0 Å². The molecule has 2 aromatic rings. The second-order valence-electron chi connectivity index (χ2n) is 4.59. The van der Waals surface area contributed by atoms with E-state index in [0.717, 1.165) is 30.8 Å². The summed E-state index contributed by atoms with van der Waals surface area (Å²) in [5.74, 6) is 1.05. The van der Waals surface area contributed by atoms with Crippen LogP contribution in [0.15, 0.2) is 30.3 Å². The molecule has 0 aliphatic rings. The van der Waals surface area contributed by atoms with Crippen molar-refractivity contribution in [1.82, 2.24) is 10.3 Å². The summed E-state index contributed by atoms with van der Waals surface area (Å²) in [6.07, 6.45) is 0.847. The van der Waals surface area contributed by atoms with Gasteiger partial charge in [-0.05, 0) is 36.7 Å². The van der Waals surface area contributed by atoms with Crippen molar-refractivity contribution in [2.75, 3.05) is 6.54 Å². The largest absolute Gasteiger partial charge is 0.437 e. The van der Waals surface area contributed by atoms with Crippen molar-refractivity contribution >= 4 is 23.2 Å². The van der Waals surface area contributed by atoms with E-state index in [1.165, 1.54) is 0 Å². The smallest absolute Gasteiger partial charge is 0.219 e. The molecule has 0 radical (unpaired) electrons. The molecule has 0 spiro atoms. The van der Waals surface area contributed by atoms with E-state index in [4.69, 9.17) is 27.9 Å². The van der Waals surface area contributed by atoms with E-state index in [-0.39, 0.29) is 0 Å². The highest BCUT2D eigenvalue weighted by atomic mass is 35.5. The van der Waals surface area contributed by atoms with Gasteiger partial charge in [-0.25, -0.2) is 4.98 Å². The molecule has 21 heavy (non-hydrogen) atoms. The molecule has 0 aliphatic carbocycles. The van der Waals surface area contributed by atoms with Crippen LogP contribution in [0.2, 0.25) is 10.0 Å². The average molecular weight is 325 g/mol. The molecule has 112 valence electrons. The lowest BCUT2D eigenvalue weighted by atomic mass is 10.2. The van der Waals surface area contributed by atoms with Crippen molar-refractivity contribution in [3.8, 4) is 11.6 Å². The van der Waals surface area contributed by atoms with Crippen molar-refractivity contribution < 1.29 is 4.74 Å². The van der Waals surface area contributed by atoms with E-state index in [0.29, 0.717) is 21.7 Å². The van der Waals surface area contributed by atoms with Crippen LogP contribution in [-0.2, 0) is 13.0 Å². The first-order chi connectivity index (χ1) is 10.1. The van der Waals surface area contributed by atoms with Gasteiger partial charge < -0.3 is 10.1 Å². The fraction of sp³-hybridized carbons (Fsp3) is 0.312. The van der Waals surface area contributed by atoms with E-state index < -0.39 is 0 Å². The average Bonchev–Trinajstić information content (AvgIpc) is 2.49. The van der Waals surface area contributed by atoms with Gasteiger partial charge in [0.2, 0.25) is 5.88 Å². The monoisotopic (exact) mass is 324 g/mol. The molecule has 2 rings (SSSR count). The second-order valence-corrected chi connectivity index (χ2v) is 5.38. The van der Waals surface area contributed by atoms with Gasteiger partial charge in [-0.15, -0.1) is 0 Å². The van der Waals surface area contributed by atoms with Gasteiger partial charge >= 0.3 is 0 Å². The van der Waals surface area contributed by atoms with Crippen LogP contribution < -0.4 is 10.1 Å². The fourth-order valence-electron chi connectivity index (χ4n) is 1.90. The number of nitrogens with zero attached hydrogens (tertiary/aromatic N) is 1. The first-order valence-electron chi connectivity index (χ1n) is 6.96. The van der Waals surface area contributed by atoms with Gasteiger partial charge in [-0.2, -0.15) is 0 Å². The molecular weight excluding hydrogens is 307 g/mol. The Morgan fingerprint density at radius 1 is 1.19 bits per heavy atom. The Morgan fingerprint density at radius 2 is 2.00 bits per heavy atom. The second kappa shape index (κ2) is 7.64. The van der Waals surface area contributed by atoms with Crippen LogP contribution in [0.3, 0.4) is 0 Å². The van der Waals surface area contributed by atoms with Crippen LogP contribution in [0.1, 0.15) is 25.1 Å². The molecule has 0 unspecified atom stereocenters. The highest BCUT2D eigenvalue weighted by Crippen LogP contribution is 2.34. The quantitative estimate of drug-likeness (QED) is 0.824. The zero-order valence-corrected chi connectivity index (χ0v) is 13.6. The summed E-state index contributed by atoms with van der Waals surface area (Å²) in [5, 5.41) is 4.16. The Kier molecular flexibility index (Phi) is 5.85. The molecule has 3 nitrogen and oxygen atoms in total. The molecule has 0 amide bonds. The van der Waals surface area contributed by atoms with E-state index >= 15 is 0 Å². The first-order valence-corrected chi connectivity index (χ1v) is 7.72. The van der Waals surface area contributed by atoms with Crippen molar-refractivity contribution in [1.29, 1.82) is 0 Å². The Balaban J connectivity index is 2.28. The van der Waals surface area contributed by atoms with Gasteiger partial charge in [0, 0.05) is 18.3 Å². The summed E-state index contributed by atoms with van der Waals surface area (Å²) in [5.41, 5.74) is 2.12. The summed E-state index contributed by atoms with van der Waals surface area (Å²) >= 11 is 12.1. The normalized spacial score (nSPS) is 10.7. The molecule has 1 aromatic carbocycles. The Labute approximate surface area is 135 Å². The maximum Gasteiger partial charge on any atom is 0.219 e. The van der Waals surface area contributed by atoms with Crippen molar-refractivity contribution in [3.63, 3.8) is 0 Å². The molecule has 0 bridgehead atoms. The maximum absolute atomic E-state index is 6.14. The SMILES string of the molecule is CCNCc1cc(CC)nc(Oc2cccc(Cl)c2Cl)c1. The van der Waals surface area contributed by atoms with Crippen LogP contribution in [0, 0.1) is 0 Å². The van der Waals surface area contributed by atoms with Gasteiger partial charge in [-0.1, -0.05) is 43.1 Å². The third-order valence-corrected chi connectivity index (χ3v) is 3.79. The van der Waals surface area contributed by atoms with Crippen LogP contribution in [0.25, 0.3) is 0 Å². The number of aryl methyl sites for hydroxylation is 1. The van der Waals surface area contributed by atoms with Gasteiger partial charge in [0.15, 0.2) is 0 Å². The van der Waals surface area contributed by atoms with Gasteiger partial charge in [-0.3, -0.25) is 0 Å².